The maximum Gasteiger partial charge on any atom is 0.321 e. The van der Waals surface area contributed by atoms with E-state index in [4.69, 9.17) is 4.74 Å². The Morgan fingerprint density at radius 3 is 2.48 bits per heavy atom. The van der Waals surface area contributed by atoms with Crippen LogP contribution in [0.25, 0.3) is 0 Å². The van der Waals surface area contributed by atoms with Gasteiger partial charge in [0.25, 0.3) is 5.91 Å². The summed E-state index contributed by atoms with van der Waals surface area (Å²) in [5.41, 5.74) is 3.59. The lowest BCUT2D eigenvalue weighted by atomic mass is 10.1. The van der Waals surface area contributed by atoms with E-state index in [2.05, 4.69) is 53.6 Å². The molecule has 31 heavy (non-hydrogen) atoms. The molecule has 0 saturated carbocycles. The van der Waals surface area contributed by atoms with E-state index >= 15 is 0 Å². The number of amides is 3. The highest BCUT2D eigenvalue weighted by molar-refractivity contribution is 5.98. The maximum absolute atomic E-state index is 12.6. The molecule has 2 aromatic carbocycles. The van der Waals surface area contributed by atoms with Crippen molar-refractivity contribution >= 4 is 17.6 Å². The number of hydrogen-bond donors (Lipinski definition) is 2. The molecule has 3 amide bonds. The second kappa shape index (κ2) is 9.49. The van der Waals surface area contributed by atoms with Gasteiger partial charge < -0.3 is 15.4 Å². The van der Waals surface area contributed by atoms with Gasteiger partial charge in [-0.3, -0.25) is 14.6 Å². The number of nitrogens with zero attached hydrogens (tertiary/aromatic N) is 2. The van der Waals surface area contributed by atoms with Crippen LogP contribution in [0.3, 0.4) is 0 Å². The molecule has 2 atom stereocenters. The minimum atomic E-state index is -0.151. The van der Waals surface area contributed by atoms with Crippen LogP contribution in [0.2, 0.25) is 0 Å². The fourth-order valence-corrected chi connectivity index (χ4v) is 4.25. The molecule has 0 bridgehead atoms. The third-order valence-electron chi connectivity index (χ3n) is 5.65. The number of nitrogens with one attached hydrogen (secondary N) is 2. The van der Waals surface area contributed by atoms with Gasteiger partial charge in [-0.05, 0) is 43.2 Å². The first-order chi connectivity index (χ1) is 15.0. The van der Waals surface area contributed by atoms with Crippen LogP contribution >= 0.6 is 0 Å². The lowest BCUT2D eigenvalue weighted by molar-refractivity contribution is -0.0704. The summed E-state index contributed by atoms with van der Waals surface area (Å²) >= 11 is 0. The summed E-state index contributed by atoms with van der Waals surface area (Å²) in [6.45, 7) is 8.71. The zero-order chi connectivity index (χ0) is 21.8. The highest BCUT2D eigenvalue weighted by Crippen LogP contribution is 2.18. The van der Waals surface area contributed by atoms with E-state index in [0.717, 1.165) is 30.9 Å². The zero-order valence-corrected chi connectivity index (χ0v) is 18.1. The van der Waals surface area contributed by atoms with Crippen molar-refractivity contribution in [3.05, 3.63) is 65.2 Å². The van der Waals surface area contributed by atoms with Crippen molar-refractivity contribution in [1.82, 2.24) is 15.5 Å². The molecule has 2 saturated heterocycles. The molecule has 0 spiro atoms. The van der Waals surface area contributed by atoms with Crippen molar-refractivity contribution in [3.8, 4) is 0 Å². The molecule has 2 aliphatic heterocycles. The number of morpholine rings is 1. The number of benzene rings is 2. The zero-order valence-electron chi connectivity index (χ0n) is 18.1. The average Bonchev–Trinajstić information content (AvgIpc) is 3.18. The van der Waals surface area contributed by atoms with Crippen molar-refractivity contribution in [3.63, 3.8) is 0 Å². The Morgan fingerprint density at radius 2 is 1.81 bits per heavy atom. The van der Waals surface area contributed by atoms with Crippen LogP contribution in [0, 0.1) is 0 Å². The smallest absolute Gasteiger partial charge is 0.321 e. The fourth-order valence-electron chi connectivity index (χ4n) is 4.25. The first kappa shape index (κ1) is 21.3. The Morgan fingerprint density at radius 1 is 1.10 bits per heavy atom. The molecule has 2 heterocycles. The van der Waals surface area contributed by atoms with E-state index < -0.39 is 0 Å². The number of ether oxygens (including phenoxy) is 1. The molecule has 2 N–H and O–H groups in total. The molecule has 164 valence electrons. The Balaban J connectivity index is 1.31. The SMILES string of the molecule is CC1CN(Cc2ccc(CNC(=O)c3cccc(N4CCNC4=O)c3)cc2)CC(C)O1. The molecule has 2 unspecified atom stereocenters. The summed E-state index contributed by atoms with van der Waals surface area (Å²) in [6.07, 6.45) is 0.521. The van der Waals surface area contributed by atoms with E-state index in [1.807, 2.05) is 6.07 Å². The van der Waals surface area contributed by atoms with Gasteiger partial charge in [-0.2, -0.15) is 0 Å². The summed E-state index contributed by atoms with van der Waals surface area (Å²) in [6, 6.07) is 15.4. The van der Waals surface area contributed by atoms with Gasteiger partial charge in [0.15, 0.2) is 0 Å². The Labute approximate surface area is 183 Å². The van der Waals surface area contributed by atoms with Crippen LogP contribution in [0.4, 0.5) is 10.5 Å². The standard InChI is InChI=1S/C24H30N4O3/c1-17-14-27(15-18(2)31-17)16-20-8-6-19(7-9-20)13-26-23(29)21-4-3-5-22(12-21)28-11-10-25-24(28)30/h3-9,12,17-18H,10-11,13-16H2,1-2H3,(H,25,30)(H,26,29). The van der Waals surface area contributed by atoms with Crippen LogP contribution in [-0.2, 0) is 17.8 Å². The van der Waals surface area contributed by atoms with Crippen LogP contribution in [0.15, 0.2) is 48.5 Å². The molecule has 4 rings (SSSR count). The van der Waals surface area contributed by atoms with Gasteiger partial charge in [0.05, 0.1) is 12.2 Å². The normalized spacial score (nSPS) is 21.7. The van der Waals surface area contributed by atoms with Gasteiger partial charge in [-0.1, -0.05) is 30.3 Å². The van der Waals surface area contributed by atoms with Crippen LogP contribution in [0.1, 0.15) is 35.3 Å². The van der Waals surface area contributed by atoms with E-state index in [0.29, 0.717) is 25.2 Å². The van der Waals surface area contributed by atoms with E-state index in [9.17, 15) is 9.59 Å². The molecular formula is C24H30N4O3. The Hall–Kier alpha value is -2.90. The monoisotopic (exact) mass is 422 g/mol. The molecular weight excluding hydrogens is 392 g/mol. The predicted octanol–water partition coefficient (Wildman–Crippen LogP) is 2.76. The van der Waals surface area contributed by atoms with E-state index in [1.54, 1.807) is 23.1 Å². The average molecular weight is 423 g/mol. The van der Waals surface area contributed by atoms with Crippen molar-refractivity contribution in [2.45, 2.75) is 39.1 Å². The molecule has 2 aromatic rings. The lowest BCUT2D eigenvalue weighted by Gasteiger charge is -2.35. The summed E-state index contributed by atoms with van der Waals surface area (Å²) in [7, 11) is 0. The van der Waals surface area contributed by atoms with Gasteiger partial charge in [-0.25, -0.2) is 4.79 Å². The summed E-state index contributed by atoms with van der Waals surface area (Å²) in [4.78, 5) is 28.5. The first-order valence-corrected chi connectivity index (χ1v) is 10.9. The number of carbonyl (C=O) groups is 2. The van der Waals surface area contributed by atoms with E-state index in [1.165, 1.54) is 5.56 Å². The number of hydrogen-bond acceptors (Lipinski definition) is 4. The summed E-state index contributed by atoms with van der Waals surface area (Å²) < 4.78 is 5.80. The molecule has 7 heteroatoms. The van der Waals surface area contributed by atoms with Gasteiger partial charge >= 0.3 is 6.03 Å². The van der Waals surface area contributed by atoms with Crippen LogP contribution in [-0.4, -0.2) is 55.2 Å². The van der Waals surface area contributed by atoms with Gasteiger partial charge in [0, 0.05) is 50.5 Å². The molecule has 0 radical (unpaired) electrons. The number of urea groups is 1. The third kappa shape index (κ3) is 5.42. The third-order valence-corrected chi connectivity index (χ3v) is 5.65. The first-order valence-electron chi connectivity index (χ1n) is 10.9. The minimum Gasteiger partial charge on any atom is -0.373 e. The maximum atomic E-state index is 12.6. The Kier molecular flexibility index (Phi) is 6.53. The molecule has 7 nitrogen and oxygen atoms in total. The number of carbonyl (C=O) groups excluding carboxylic acids is 2. The number of anilines is 1. The Bertz CT molecular complexity index is 921. The van der Waals surface area contributed by atoms with Gasteiger partial charge in [0.1, 0.15) is 0 Å². The van der Waals surface area contributed by atoms with Crippen molar-refractivity contribution < 1.29 is 14.3 Å². The molecule has 2 aliphatic rings. The largest absolute Gasteiger partial charge is 0.373 e. The second-order valence-corrected chi connectivity index (χ2v) is 8.38. The summed E-state index contributed by atoms with van der Waals surface area (Å²) in [5, 5.41) is 5.75. The van der Waals surface area contributed by atoms with E-state index in [-0.39, 0.29) is 24.1 Å². The summed E-state index contributed by atoms with van der Waals surface area (Å²) in [5.74, 6) is -0.151. The molecule has 2 fully saturated rings. The van der Waals surface area contributed by atoms with Crippen molar-refractivity contribution in [1.29, 1.82) is 0 Å². The quantitative estimate of drug-likeness (QED) is 0.751. The highest BCUT2D eigenvalue weighted by Gasteiger charge is 2.23. The van der Waals surface area contributed by atoms with Crippen molar-refractivity contribution in [2.24, 2.45) is 0 Å². The second-order valence-electron chi connectivity index (χ2n) is 8.38. The van der Waals surface area contributed by atoms with Gasteiger partial charge in [-0.15, -0.1) is 0 Å². The fraction of sp³-hybridized carbons (Fsp3) is 0.417. The van der Waals surface area contributed by atoms with Gasteiger partial charge in [0.2, 0.25) is 0 Å². The predicted molar refractivity (Wildman–Crippen MR) is 120 cm³/mol. The lowest BCUT2D eigenvalue weighted by Crippen LogP contribution is -2.44. The topological polar surface area (TPSA) is 73.9 Å². The molecule has 0 aliphatic carbocycles. The van der Waals surface area contributed by atoms with Crippen molar-refractivity contribution in [2.75, 3.05) is 31.1 Å². The highest BCUT2D eigenvalue weighted by atomic mass is 16.5. The minimum absolute atomic E-state index is 0.126. The van der Waals surface area contributed by atoms with Crippen LogP contribution < -0.4 is 15.5 Å². The molecule has 0 aromatic heterocycles. The van der Waals surface area contributed by atoms with Crippen LogP contribution in [0.5, 0.6) is 0 Å². The number of rotatable bonds is 6.